The van der Waals surface area contributed by atoms with Crippen molar-refractivity contribution in [2.75, 3.05) is 64.4 Å². The second-order valence-corrected chi connectivity index (χ2v) is 13.1. The highest BCUT2D eigenvalue weighted by atomic mass is 19.1. The van der Waals surface area contributed by atoms with E-state index in [4.69, 9.17) is 4.74 Å². The number of hydrogen-bond acceptors (Lipinski definition) is 7. The lowest BCUT2D eigenvalue weighted by molar-refractivity contribution is -0.150. The number of anilines is 1. The van der Waals surface area contributed by atoms with Gasteiger partial charge in [-0.1, -0.05) is 42.0 Å². The van der Waals surface area contributed by atoms with Gasteiger partial charge in [0.05, 0.1) is 37.6 Å². The zero-order valence-corrected chi connectivity index (χ0v) is 25.8. The van der Waals surface area contributed by atoms with Crippen LogP contribution >= 0.6 is 0 Å². The molecule has 10 heteroatoms. The fourth-order valence-corrected chi connectivity index (χ4v) is 7.25. The first kappa shape index (κ1) is 29.6. The molecule has 45 heavy (non-hydrogen) atoms. The van der Waals surface area contributed by atoms with Crippen LogP contribution in [0.15, 0.2) is 66.5 Å². The van der Waals surface area contributed by atoms with E-state index in [1.807, 2.05) is 24.0 Å². The molecular weight excluding hydrogens is 571 g/mol. The average Bonchev–Trinajstić information content (AvgIpc) is 2.99. The smallest absolute Gasteiger partial charge is 0.272 e. The van der Waals surface area contributed by atoms with E-state index >= 15 is 0 Å². The summed E-state index contributed by atoms with van der Waals surface area (Å²) < 4.78 is 18.9. The van der Waals surface area contributed by atoms with Gasteiger partial charge in [-0.15, -0.1) is 0 Å². The van der Waals surface area contributed by atoms with Crippen LogP contribution in [0.1, 0.15) is 53.0 Å². The molecule has 0 bridgehead atoms. The fourth-order valence-electron chi connectivity index (χ4n) is 7.25. The van der Waals surface area contributed by atoms with Gasteiger partial charge in [-0.05, 0) is 61.2 Å². The van der Waals surface area contributed by atoms with Crippen molar-refractivity contribution in [3.05, 3.63) is 94.7 Å². The van der Waals surface area contributed by atoms with E-state index < -0.39 is 0 Å². The molecule has 1 aromatic heterocycles. The second-order valence-electron chi connectivity index (χ2n) is 13.1. The molecule has 1 N–H and O–H groups in total. The topological polar surface area (TPSA) is 90.9 Å². The van der Waals surface area contributed by atoms with Gasteiger partial charge in [0, 0.05) is 44.7 Å². The number of carbonyl (C=O) groups excluding carboxylic acids is 2. The van der Waals surface area contributed by atoms with Crippen LogP contribution in [0.2, 0.25) is 0 Å². The largest absolute Gasteiger partial charge is 0.380 e. The molecule has 4 aliphatic rings. The zero-order chi connectivity index (χ0) is 31.1. The SMILES string of the molecule is C[C@@H](NC(=O)c1cncc(N2CCN(C(=O)C3COC3)CC2)n1)c1ccc(C(=C2CC3(C2)CN(C)C3)c2ccc(F)cc2)cc1. The van der Waals surface area contributed by atoms with Gasteiger partial charge in [0.25, 0.3) is 5.91 Å². The van der Waals surface area contributed by atoms with Gasteiger partial charge in [-0.2, -0.15) is 0 Å². The quantitative estimate of drug-likeness (QED) is 0.434. The first-order valence-electron chi connectivity index (χ1n) is 15.8. The third-order valence-corrected chi connectivity index (χ3v) is 9.68. The van der Waals surface area contributed by atoms with E-state index in [1.54, 1.807) is 6.20 Å². The number of rotatable bonds is 7. The van der Waals surface area contributed by atoms with Crippen molar-refractivity contribution in [2.24, 2.45) is 11.3 Å². The third kappa shape index (κ3) is 5.96. The highest BCUT2D eigenvalue weighted by Crippen LogP contribution is 2.54. The predicted molar refractivity (Wildman–Crippen MR) is 169 cm³/mol. The van der Waals surface area contributed by atoms with Gasteiger partial charge >= 0.3 is 0 Å². The first-order chi connectivity index (χ1) is 21.8. The van der Waals surface area contributed by atoms with Crippen LogP contribution in [0.4, 0.5) is 10.2 Å². The number of ether oxygens (including phenoxy) is 1. The fraction of sp³-hybridized carbons (Fsp3) is 0.429. The Labute approximate surface area is 263 Å². The Kier molecular flexibility index (Phi) is 7.87. The molecule has 0 unspecified atom stereocenters. The number of nitrogens with one attached hydrogen (secondary N) is 1. The van der Waals surface area contributed by atoms with Gasteiger partial charge < -0.3 is 24.8 Å². The Hall–Kier alpha value is -4.15. The number of hydrogen-bond donors (Lipinski definition) is 1. The van der Waals surface area contributed by atoms with Crippen molar-refractivity contribution in [3.8, 4) is 0 Å². The van der Waals surface area contributed by atoms with Crippen LogP contribution in [0, 0.1) is 17.2 Å². The maximum Gasteiger partial charge on any atom is 0.272 e. The number of carbonyl (C=O) groups is 2. The van der Waals surface area contributed by atoms with Gasteiger partial charge in [-0.25, -0.2) is 9.37 Å². The third-order valence-electron chi connectivity index (χ3n) is 9.68. The summed E-state index contributed by atoms with van der Waals surface area (Å²) in [6, 6.07) is 14.8. The summed E-state index contributed by atoms with van der Waals surface area (Å²) in [5, 5.41) is 3.07. The maximum atomic E-state index is 13.8. The molecule has 3 aliphatic heterocycles. The molecule has 1 spiro atoms. The molecule has 4 fully saturated rings. The van der Waals surface area contributed by atoms with Crippen LogP contribution in [0.3, 0.4) is 0 Å². The van der Waals surface area contributed by atoms with E-state index in [0.29, 0.717) is 50.6 Å². The number of likely N-dealkylation sites (tertiary alicyclic amines) is 1. The summed E-state index contributed by atoms with van der Waals surface area (Å²) in [7, 11) is 2.16. The number of allylic oxidation sites excluding steroid dienone is 1. The van der Waals surface area contributed by atoms with Crippen LogP contribution in [-0.2, 0) is 9.53 Å². The highest BCUT2D eigenvalue weighted by Gasteiger charge is 2.49. The monoisotopic (exact) mass is 610 g/mol. The van der Waals surface area contributed by atoms with E-state index in [1.165, 1.54) is 29.5 Å². The molecule has 2 amide bonds. The summed E-state index contributed by atoms with van der Waals surface area (Å²) in [6.45, 7) is 7.73. The number of nitrogens with zero attached hydrogens (tertiary/aromatic N) is 5. The molecule has 2 aromatic carbocycles. The Bertz CT molecular complexity index is 1600. The van der Waals surface area contributed by atoms with Crippen LogP contribution < -0.4 is 10.2 Å². The lowest BCUT2D eigenvalue weighted by Crippen LogP contribution is -2.58. The van der Waals surface area contributed by atoms with E-state index in [9.17, 15) is 14.0 Å². The van der Waals surface area contributed by atoms with Gasteiger partial charge in [0.1, 0.15) is 17.3 Å². The molecule has 7 rings (SSSR count). The van der Waals surface area contributed by atoms with E-state index in [0.717, 1.165) is 42.6 Å². The summed E-state index contributed by atoms with van der Waals surface area (Å²) in [5.41, 5.74) is 6.36. The molecule has 234 valence electrons. The van der Waals surface area contributed by atoms with E-state index in [2.05, 4.69) is 56.4 Å². The van der Waals surface area contributed by atoms with Crippen LogP contribution in [0.25, 0.3) is 5.57 Å². The molecule has 3 saturated heterocycles. The molecule has 0 radical (unpaired) electrons. The van der Waals surface area contributed by atoms with Crippen molar-refractivity contribution >= 4 is 23.2 Å². The molecule has 4 heterocycles. The molecule has 1 aliphatic carbocycles. The summed E-state index contributed by atoms with van der Waals surface area (Å²) in [5.74, 6) is 0.243. The normalized spacial score (nSPS) is 20.2. The highest BCUT2D eigenvalue weighted by molar-refractivity contribution is 5.92. The maximum absolute atomic E-state index is 13.8. The molecule has 9 nitrogen and oxygen atoms in total. The van der Waals surface area contributed by atoms with Crippen molar-refractivity contribution < 1.29 is 18.7 Å². The van der Waals surface area contributed by atoms with Crippen LogP contribution in [0.5, 0.6) is 0 Å². The van der Waals surface area contributed by atoms with Crippen LogP contribution in [-0.4, -0.2) is 91.1 Å². The lowest BCUT2D eigenvalue weighted by atomic mass is 9.59. The predicted octanol–water partition coefficient (Wildman–Crippen LogP) is 3.93. The summed E-state index contributed by atoms with van der Waals surface area (Å²) in [6.07, 6.45) is 5.29. The summed E-state index contributed by atoms with van der Waals surface area (Å²) in [4.78, 5) is 41.0. The molecule has 1 atom stereocenters. The van der Waals surface area contributed by atoms with Crippen molar-refractivity contribution in [1.82, 2.24) is 25.1 Å². The standard InChI is InChI=1S/C35H39FN6O3/c1-23(38-33(43)30-17-37-18-31(39-30)41-11-13-42(14-12-41)34(44)28-19-45-20-28)24-3-5-25(6-4-24)32(26-7-9-29(36)10-8-26)27-15-35(16-27)21-40(2)22-35/h3-10,17-18,23,28H,11-16,19-22H2,1-2H3,(H,38,43)/t23-/m1/s1. The lowest BCUT2D eigenvalue weighted by Gasteiger charge is -2.56. The minimum Gasteiger partial charge on any atom is -0.380 e. The average molecular weight is 611 g/mol. The minimum atomic E-state index is -0.293. The Morgan fingerprint density at radius 1 is 0.956 bits per heavy atom. The molecule has 1 saturated carbocycles. The van der Waals surface area contributed by atoms with E-state index in [-0.39, 0.29) is 35.3 Å². The number of halogens is 1. The minimum absolute atomic E-state index is 0.0137. The van der Waals surface area contributed by atoms with Gasteiger partial charge in [-0.3, -0.25) is 14.6 Å². The Morgan fingerprint density at radius 2 is 1.60 bits per heavy atom. The van der Waals surface area contributed by atoms with Gasteiger partial charge in [0.2, 0.25) is 5.91 Å². The number of amides is 2. The van der Waals surface area contributed by atoms with Crippen molar-refractivity contribution in [2.45, 2.75) is 25.8 Å². The zero-order valence-electron chi connectivity index (χ0n) is 25.8. The molecule has 3 aromatic rings. The van der Waals surface area contributed by atoms with Crippen molar-refractivity contribution in [1.29, 1.82) is 0 Å². The Balaban J connectivity index is 1.00. The van der Waals surface area contributed by atoms with Gasteiger partial charge in [0.15, 0.2) is 0 Å². The second kappa shape index (κ2) is 12.0. The number of benzene rings is 2. The Morgan fingerprint density at radius 3 is 2.20 bits per heavy atom. The summed E-state index contributed by atoms with van der Waals surface area (Å²) >= 11 is 0. The van der Waals surface area contributed by atoms with Crippen molar-refractivity contribution in [3.63, 3.8) is 0 Å². The number of piperazine rings is 1. The first-order valence-corrected chi connectivity index (χ1v) is 15.8. The number of aromatic nitrogens is 2. The molecular formula is C35H39FN6O3.